The Morgan fingerprint density at radius 2 is 1.70 bits per heavy atom. The molecule has 2 atom stereocenters. The van der Waals surface area contributed by atoms with Crippen molar-refractivity contribution in [3.8, 4) is 11.5 Å². The number of hydrogen-bond acceptors (Lipinski definition) is 3. The molecule has 27 heavy (non-hydrogen) atoms. The Morgan fingerprint density at radius 1 is 0.889 bits per heavy atom. The third-order valence-electron chi connectivity index (χ3n) is 6.21. The third-order valence-corrected chi connectivity index (χ3v) is 6.21. The number of methoxy groups -OCH3 is 1. The van der Waals surface area contributed by atoms with Gasteiger partial charge < -0.3 is 9.47 Å². The average Bonchev–Trinajstić information content (AvgIpc) is 2.74. The van der Waals surface area contributed by atoms with Crippen LogP contribution in [0.3, 0.4) is 0 Å². The standard InChI is InChI=1S/C24H31NO2/c1-26-24-16-20(13-14-23(24)27-18-19-8-3-2-4-9-19)17-25-15-7-11-21-10-5-6-12-22(21)25/h2-4,8-9,13-14,16,21-22H,5-7,10-12,15,17-18H2,1H3/t21-,22+/m1/s1. The molecule has 144 valence electrons. The molecular weight excluding hydrogens is 334 g/mol. The van der Waals surface area contributed by atoms with Gasteiger partial charge in [0.05, 0.1) is 7.11 Å². The van der Waals surface area contributed by atoms with Gasteiger partial charge in [-0.05, 0) is 61.4 Å². The van der Waals surface area contributed by atoms with E-state index in [2.05, 4.69) is 35.2 Å². The maximum absolute atomic E-state index is 6.01. The zero-order valence-electron chi connectivity index (χ0n) is 16.4. The zero-order chi connectivity index (χ0) is 18.5. The first-order valence-electron chi connectivity index (χ1n) is 10.4. The molecule has 0 N–H and O–H groups in total. The SMILES string of the molecule is COc1cc(CN2CCC[C@H]3CCCC[C@@H]32)ccc1OCc1ccccc1. The second-order valence-electron chi connectivity index (χ2n) is 7.98. The summed E-state index contributed by atoms with van der Waals surface area (Å²) in [7, 11) is 1.73. The highest BCUT2D eigenvalue weighted by molar-refractivity contribution is 5.43. The van der Waals surface area contributed by atoms with Crippen molar-refractivity contribution in [1.82, 2.24) is 4.90 Å². The Bertz CT molecular complexity index is 728. The minimum atomic E-state index is 0.562. The monoisotopic (exact) mass is 365 g/mol. The summed E-state index contributed by atoms with van der Waals surface area (Å²) in [4.78, 5) is 2.71. The van der Waals surface area contributed by atoms with E-state index in [9.17, 15) is 0 Å². The summed E-state index contributed by atoms with van der Waals surface area (Å²) >= 11 is 0. The summed E-state index contributed by atoms with van der Waals surface area (Å²) in [5, 5.41) is 0. The van der Waals surface area contributed by atoms with Crippen LogP contribution in [0.2, 0.25) is 0 Å². The third kappa shape index (κ3) is 4.47. The van der Waals surface area contributed by atoms with Gasteiger partial charge in [-0.15, -0.1) is 0 Å². The van der Waals surface area contributed by atoms with Crippen molar-refractivity contribution in [1.29, 1.82) is 0 Å². The molecular formula is C24H31NO2. The molecule has 1 saturated heterocycles. The Balaban J connectivity index is 1.43. The normalized spacial score (nSPS) is 22.9. The van der Waals surface area contributed by atoms with E-state index in [1.54, 1.807) is 7.11 Å². The van der Waals surface area contributed by atoms with Gasteiger partial charge in [0, 0.05) is 12.6 Å². The van der Waals surface area contributed by atoms with Crippen LogP contribution in [-0.4, -0.2) is 24.6 Å². The number of likely N-dealkylation sites (tertiary alicyclic amines) is 1. The molecule has 4 rings (SSSR count). The smallest absolute Gasteiger partial charge is 0.161 e. The molecule has 1 heterocycles. The summed E-state index contributed by atoms with van der Waals surface area (Å²) in [6.07, 6.45) is 8.40. The van der Waals surface area contributed by atoms with Crippen LogP contribution in [0.4, 0.5) is 0 Å². The Labute approximate surface area is 163 Å². The largest absolute Gasteiger partial charge is 0.493 e. The van der Waals surface area contributed by atoms with Gasteiger partial charge in [-0.3, -0.25) is 4.90 Å². The van der Waals surface area contributed by atoms with Gasteiger partial charge in [0.2, 0.25) is 0 Å². The minimum Gasteiger partial charge on any atom is -0.493 e. The van der Waals surface area contributed by atoms with E-state index < -0.39 is 0 Å². The van der Waals surface area contributed by atoms with Crippen molar-refractivity contribution in [3.63, 3.8) is 0 Å². The predicted molar refractivity (Wildman–Crippen MR) is 109 cm³/mol. The molecule has 3 heteroatoms. The Hall–Kier alpha value is -2.00. The molecule has 3 nitrogen and oxygen atoms in total. The van der Waals surface area contributed by atoms with Gasteiger partial charge in [0.25, 0.3) is 0 Å². The van der Waals surface area contributed by atoms with Gasteiger partial charge >= 0.3 is 0 Å². The molecule has 0 aromatic heterocycles. The topological polar surface area (TPSA) is 21.7 Å². The number of benzene rings is 2. The molecule has 2 aliphatic rings. The number of nitrogens with zero attached hydrogens (tertiary/aromatic N) is 1. The minimum absolute atomic E-state index is 0.562. The van der Waals surface area contributed by atoms with Crippen LogP contribution in [0, 0.1) is 5.92 Å². The van der Waals surface area contributed by atoms with Crippen LogP contribution in [0.25, 0.3) is 0 Å². The maximum Gasteiger partial charge on any atom is 0.161 e. The van der Waals surface area contributed by atoms with Crippen molar-refractivity contribution in [2.45, 2.75) is 57.7 Å². The van der Waals surface area contributed by atoms with Crippen LogP contribution < -0.4 is 9.47 Å². The number of ether oxygens (including phenoxy) is 2. The summed E-state index contributed by atoms with van der Waals surface area (Å²) in [6, 6.07) is 17.5. The second kappa shape index (κ2) is 8.79. The van der Waals surface area contributed by atoms with E-state index >= 15 is 0 Å². The van der Waals surface area contributed by atoms with Crippen LogP contribution in [0.5, 0.6) is 11.5 Å². The Morgan fingerprint density at radius 3 is 2.56 bits per heavy atom. The molecule has 1 saturated carbocycles. The lowest BCUT2D eigenvalue weighted by Gasteiger charge is -2.44. The van der Waals surface area contributed by atoms with Gasteiger partial charge in [-0.25, -0.2) is 0 Å². The molecule has 2 aromatic carbocycles. The number of rotatable bonds is 6. The number of fused-ring (bicyclic) bond motifs is 1. The lowest BCUT2D eigenvalue weighted by Crippen LogP contribution is -2.46. The highest BCUT2D eigenvalue weighted by Crippen LogP contribution is 2.37. The van der Waals surface area contributed by atoms with Crippen LogP contribution in [0.1, 0.15) is 49.7 Å². The lowest BCUT2D eigenvalue weighted by atomic mass is 9.78. The predicted octanol–water partition coefficient (Wildman–Crippen LogP) is 5.43. The molecule has 0 unspecified atom stereocenters. The maximum atomic E-state index is 6.01. The van der Waals surface area contributed by atoms with E-state index in [4.69, 9.17) is 9.47 Å². The summed E-state index contributed by atoms with van der Waals surface area (Å²) in [6.45, 7) is 2.82. The molecule has 1 aliphatic carbocycles. The summed E-state index contributed by atoms with van der Waals surface area (Å²) in [5.74, 6) is 2.57. The fourth-order valence-corrected chi connectivity index (χ4v) is 4.82. The molecule has 2 aromatic rings. The van der Waals surface area contributed by atoms with Crippen molar-refractivity contribution in [2.75, 3.05) is 13.7 Å². The van der Waals surface area contributed by atoms with E-state index in [1.165, 1.54) is 56.2 Å². The summed E-state index contributed by atoms with van der Waals surface area (Å²) in [5.41, 5.74) is 2.49. The first-order chi connectivity index (χ1) is 13.3. The van der Waals surface area contributed by atoms with Crippen LogP contribution >= 0.6 is 0 Å². The van der Waals surface area contributed by atoms with E-state index in [0.29, 0.717) is 6.61 Å². The lowest BCUT2D eigenvalue weighted by molar-refractivity contribution is 0.0546. The highest BCUT2D eigenvalue weighted by atomic mass is 16.5. The Kier molecular flexibility index (Phi) is 5.98. The van der Waals surface area contributed by atoms with E-state index in [1.807, 2.05) is 18.2 Å². The molecule has 0 bridgehead atoms. The molecule has 1 aliphatic heterocycles. The van der Waals surface area contributed by atoms with Crippen molar-refractivity contribution in [2.24, 2.45) is 5.92 Å². The molecule has 0 spiro atoms. The van der Waals surface area contributed by atoms with Crippen LogP contribution in [-0.2, 0) is 13.2 Å². The first kappa shape index (κ1) is 18.4. The van der Waals surface area contributed by atoms with Crippen molar-refractivity contribution < 1.29 is 9.47 Å². The molecule has 2 fully saturated rings. The van der Waals surface area contributed by atoms with Gasteiger partial charge in [-0.2, -0.15) is 0 Å². The summed E-state index contributed by atoms with van der Waals surface area (Å²) < 4.78 is 11.6. The van der Waals surface area contributed by atoms with Gasteiger partial charge in [0.15, 0.2) is 11.5 Å². The average molecular weight is 366 g/mol. The number of hydrogen-bond donors (Lipinski definition) is 0. The van der Waals surface area contributed by atoms with Gasteiger partial charge in [-0.1, -0.05) is 49.2 Å². The second-order valence-corrected chi connectivity index (χ2v) is 7.98. The van der Waals surface area contributed by atoms with Crippen molar-refractivity contribution >= 4 is 0 Å². The van der Waals surface area contributed by atoms with E-state index in [-0.39, 0.29) is 0 Å². The molecule has 0 amide bonds. The van der Waals surface area contributed by atoms with Gasteiger partial charge in [0.1, 0.15) is 6.61 Å². The fourth-order valence-electron chi connectivity index (χ4n) is 4.82. The van der Waals surface area contributed by atoms with Crippen LogP contribution in [0.15, 0.2) is 48.5 Å². The molecule has 0 radical (unpaired) electrons. The quantitative estimate of drug-likeness (QED) is 0.681. The fraction of sp³-hybridized carbons (Fsp3) is 0.500. The zero-order valence-corrected chi connectivity index (χ0v) is 16.4. The van der Waals surface area contributed by atoms with E-state index in [0.717, 1.165) is 30.0 Å². The number of piperidine rings is 1. The van der Waals surface area contributed by atoms with Crippen molar-refractivity contribution in [3.05, 3.63) is 59.7 Å². The first-order valence-corrected chi connectivity index (χ1v) is 10.4. The highest BCUT2D eigenvalue weighted by Gasteiger charge is 2.33.